The number of hydrogen-bond acceptors (Lipinski definition) is 5. The quantitative estimate of drug-likeness (QED) is 0.347. The SMILES string of the molecule is Cc1ccc(OCc2ccccc2)c(C(=O)C2=C(O)C(=O)N(C3CCOCC3)C2c2ccc(C(F)(F)F)cc2)c1. The Labute approximate surface area is 229 Å². The molecule has 9 heteroatoms. The maximum absolute atomic E-state index is 14.1. The summed E-state index contributed by atoms with van der Waals surface area (Å²) in [5.41, 5.74) is 1.04. The van der Waals surface area contributed by atoms with Crippen LogP contribution in [0.2, 0.25) is 0 Å². The molecule has 0 aliphatic carbocycles. The van der Waals surface area contributed by atoms with Crippen molar-refractivity contribution in [3.8, 4) is 5.75 Å². The number of Topliss-reactive ketones (excluding diaryl/α,β-unsaturated/α-hetero) is 1. The number of alkyl halides is 3. The molecule has 5 rings (SSSR count). The second-order valence-corrected chi connectivity index (χ2v) is 9.94. The first-order valence-corrected chi connectivity index (χ1v) is 13.0. The third-order valence-electron chi connectivity index (χ3n) is 7.24. The van der Waals surface area contributed by atoms with Gasteiger partial charge in [-0.3, -0.25) is 9.59 Å². The van der Waals surface area contributed by atoms with Gasteiger partial charge in [-0.2, -0.15) is 13.2 Å². The molecule has 0 radical (unpaired) electrons. The molecule has 1 fully saturated rings. The van der Waals surface area contributed by atoms with Gasteiger partial charge in [-0.25, -0.2) is 0 Å². The van der Waals surface area contributed by atoms with Crippen LogP contribution in [0.15, 0.2) is 84.1 Å². The Morgan fingerprint density at radius 3 is 2.35 bits per heavy atom. The van der Waals surface area contributed by atoms with E-state index in [4.69, 9.17) is 9.47 Å². The van der Waals surface area contributed by atoms with E-state index < -0.39 is 35.2 Å². The van der Waals surface area contributed by atoms with Crippen LogP contribution in [-0.4, -0.2) is 41.0 Å². The first kappa shape index (κ1) is 27.5. The highest BCUT2D eigenvalue weighted by atomic mass is 19.4. The fourth-order valence-electron chi connectivity index (χ4n) is 5.20. The second-order valence-electron chi connectivity index (χ2n) is 9.94. The number of amides is 1. The molecule has 2 aliphatic heterocycles. The Kier molecular flexibility index (Phi) is 7.67. The van der Waals surface area contributed by atoms with Crippen molar-refractivity contribution in [3.05, 3.63) is 112 Å². The highest BCUT2D eigenvalue weighted by Gasteiger charge is 2.47. The van der Waals surface area contributed by atoms with Gasteiger partial charge in [0, 0.05) is 19.3 Å². The van der Waals surface area contributed by atoms with Crippen molar-refractivity contribution in [2.45, 2.75) is 44.6 Å². The van der Waals surface area contributed by atoms with Gasteiger partial charge in [0.2, 0.25) is 0 Å². The number of carbonyl (C=O) groups excluding carboxylic acids is 2. The van der Waals surface area contributed by atoms with Gasteiger partial charge >= 0.3 is 6.18 Å². The standard InChI is InChI=1S/C31H28F3NO5/c1-19-7-12-25(40-18-20-5-3-2-4-6-20)24(17-19)28(36)26-27(21-8-10-22(11-9-21)31(32,33)34)35(30(38)29(26)37)23-13-15-39-16-14-23/h2-12,17,23,27,37H,13-16,18H2,1H3. The minimum Gasteiger partial charge on any atom is -0.503 e. The van der Waals surface area contributed by atoms with Crippen LogP contribution in [0.4, 0.5) is 13.2 Å². The summed E-state index contributed by atoms with van der Waals surface area (Å²) in [6.07, 6.45) is -3.62. The van der Waals surface area contributed by atoms with E-state index in [9.17, 15) is 27.9 Å². The molecule has 0 saturated carbocycles. The minimum atomic E-state index is -4.55. The normalized spacial score (nSPS) is 18.4. The van der Waals surface area contributed by atoms with Gasteiger partial charge in [-0.1, -0.05) is 54.1 Å². The number of carbonyl (C=O) groups is 2. The summed E-state index contributed by atoms with van der Waals surface area (Å²) >= 11 is 0. The molecule has 1 saturated heterocycles. The summed E-state index contributed by atoms with van der Waals surface area (Å²) < 4.78 is 51.3. The maximum atomic E-state index is 14.1. The highest BCUT2D eigenvalue weighted by molar-refractivity contribution is 6.17. The summed E-state index contributed by atoms with van der Waals surface area (Å²) in [6.45, 7) is 2.75. The Morgan fingerprint density at radius 1 is 1.02 bits per heavy atom. The monoisotopic (exact) mass is 551 g/mol. The summed E-state index contributed by atoms with van der Waals surface area (Å²) in [5.74, 6) is -1.81. The first-order valence-electron chi connectivity index (χ1n) is 13.0. The van der Waals surface area contributed by atoms with E-state index in [1.807, 2.05) is 30.3 Å². The molecule has 2 aliphatic rings. The molecule has 0 aromatic heterocycles. The molecule has 0 spiro atoms. The molecular weight excluding hydrogens is 523 g/mol. The van der Waals surface area contributed by atoms with E-state index in [-0.39, 0.29) is 29.5 Å². The number of aliphatic hydroxyl groups is 1. The van der Waals surface area contributed by atoms with Crippen molar-refractivity contribution in [2.24, 2.45) is 0 Å². The van der Waals surface area contributed by atoms with Gasteiger partial charge in [0.1, 0.15) is 12.4 Å². The van der Waals surface area contributed by atoms with E-state index in [1.165, 1.54) is 17.0 Å². The van der Waals surface area contributed by atoms with Crippen LogP contribution in [0, 0.1) is 6.92 Å². The lowest BCUT2D eigenvalue weighted by Crippen LogP contribution is -2.43. The van der Waals surface area contributed by atoms with Crippen LogP contribution in [0.1, 0.15) is 51.5 Å². The molecule has 1 atom stereocenters. The molecule has 40 heavy (non-hydrogen) atoms. The number of halogens is 3. The third kappa shape index (κ3) is 5.47. The molecule has 1 N–H and O–H groups in total. The van der Waals surface area contributed by atoms with Crippen molar-refractivity contribution >= 4 is 11.7 Å². The average molecular weight is 552 g/mol. The van der Waals surface area contributed by atoms with Gasteiger partial charge in [-0.05, 0) is 55.2 Å². The van der Waals surface area contributed by atoms with Gasteiger partial charge in [0.15, 0.2) is 11.5 Å². The van der Waals surface area contributed by atoms with E-state index in [2.05, 4.69) is 0 Å². The number of rotatable bonds is 7. The van der Waals surface area contributed by atoms with Gasteiger partial charge in [-0.15, -0.1) is 0 Å². The Hall–Kier alpha value is -4.11. The van der Waals surface area contributed by atoms with E-state index in [1.54, 1.807) is 25.1 Å². The molecule has 208 valence electrons. The van der Waals surface area contributed by atoms with E-state index >= 15 is 0 Å². The molecule has 3 aromatic carbocycles. The van der Waals surface area contributed by atoms with Crippen LogP contribution < -0.4 is 4.74 Å². The fourth-order valence-corrected chi connectivity index (χ4v) is 5.20. The van der Waals surface area contributed by atoms with Gasteiger partial charge in [0.05, 0.1) is 22.7 Å². The van der Waals surface area contributed by atoms with Crippen molar-refractivity contribution in [1.82, 2.24) is 4.90 Å². The first-order chi connectivity index (χ1) is 19.1. The van der Waals surface area contributed by atoms with Gasteiger partial charge in [0.25, 0.3) is 5.91 Å². The maximum Gasteiger partial charge on any atom is 0.416 e. The van der Waals surface area contributed by atoms with Crippen LogP contribution >= 0.6 is 0 Å². The Bertz CT molecular complexity index is 1430. The van der Waals surface area contributed by atoms with Crippen molar-refractivity contribution in [2.75, 3.05) is 13.2 Å². The molecular formula is C31H28F3NO5. The summed E-state index contributed by atoms with van der Waals surface area (Å²) in [4.78, 5) is 29.0. The van der Waals surface area contributed by atoms with Gasteiger partial charge < -0.3 is 19.5 Å². The summed E-state index contributed by atoms with van der Waals surface area (Å²) in [7, 11) is 0. The fraction of sp³-hybridized carbons (Fsp3) is 0.290. The van der Waals surface area contributed by atoms with Crippen molar-refractivity contribution < 1.29 is 37.3 Å². The number of nitrogens with zero attached hydrogens (tertiary/aromatic N) is 1. The Balaban J connectivity index is 1.56. The van der Waals surface area contributed by atoms with Crippen LogP contribution in [0.5, 0.6) is 5.75 Å². The minimum absolute atomic E-state index is 0.149. The number of hydrogen-bond donors (Lipinski definition) is 1. The van der Waals surface area contributed by atoms with Crippen molar-refractivity contribution in [3.63, 3.8) is 0 Å². The van der Waals surface area contributed by atoms with E-state index in [0.29, 0.717) is 31.6 Å². The topological polar surface area (TPSA) is 76.1 Å². The summed E-state index contributed by atoms with van der Waals surface area (Å²) in [6, 6.07) is 17.3. The Morgan fingerprint density at radius 2 is 1.70 bits per heavy atom. The molecule has 1 amide bonds. The molecule has 3 aromatic rings. The lowest BCUT2D eigenvalue weighted by molar-refractivity contribution is -0.138. The molecule has 6 nitrogen and oxygen atoms in total. The smallest absolute Gasteiger partial charge is 0.416 e. The molecule has 0 bridgehead atoms. The second kappa shape index (κ2) is 11.2. The lowest BCUT2D eigenvalue weighted by Gasteiger charge is -2.36. The largest absolute Gasteiger partial charge is 0.503 e. The number of ketones is 1. The number of ether oxygens (including phenoxy) is 2. The van der Waals surface area contributed by atoms with Crippen LogP contribution in [0.25, 0.3) is 0 Å². The van der Waals surface area contributed by atoms with Crippen LogP contribution in [-0.2, 0) is 22.3 Å². The number of benzene rings is 3. The zero-order valence-corrected chi connectivity index (χ0v) is 21.8. The predicted octanol–water partition coefficient (Wildman–Crippen LogP) is 6.35. The third-order valence-corrected chi connectivity index (χ3v) is 7.24. The number of aliphatic hydroxyl groups excluding tert-OH is 1. The molecule has 2 heterocycles. The lowest BCUT2D eigenvalue weighted by atomic mass is 9.90. The predicted molar refractivity (Wildman–Crippen MR) is 141 cm³/mol. The zero-order valence-electron chi connectivity index (χ0n) is 21.8. The zero-order chi connectivity index (χ0) is 28.4. The van der Waals surface area contributed by atoms with Crippen LogP contribution in [0.3, 0.4) is 0 Å². The van der Waals surface area contributed by atoms with E-state index in [0.717, 1.165) is 23.3 Å². The average Bonchev–Trinajstić information content (AvgIpc) is 3.22. The number of aryl methyl sites for hydroxylation is 1. The highest BCUT2D eigenvalue weighted by Crippen LogP contribution is 2.43. The van der Waals surface area contributed by atoms with Crippen molar-refractivity contribution in [1.29, 1.82) is 0 Å². The molecule has 1 unspecified atom stereocenters. The summed E-state index contributed by atoms with van der Waals surface area (Å²) in [5, 5.41) is 11.1.